The second kappa shape index (κ2) is 6.69. The first-order valence-electron chi connectivity index (χ1n) is 6.66. The predicted molar refractivity (Wildman–Crippen MR) is 81.8 cm³/mol. The fourth-order valence-corrected chi connectivity index (χ4v) is 2.70. The molecule has 3 heteroatoms. The molecule has 1 aliphatic heterocycles. The van der Waals surface area contributed by atoms with Gasteiger partial charge < -0.3 is 5.32 Å². The molecule has 0 bridgehead atoms. The third kappa shape index (κ3) is 3.14. The Hall–Kier alpha value is -1.38. The molecule has 0 spiro atoms. The van der Waals surface area contributed by atoms with Crippen molar-refractivity contribution in [3.05, 3.63) is 54.4 Å². The summed E-state index contributed by atoms with van der Waals surface area (Å²) in [6.45, 7) is 2.21. The average Bonchev–Trinajstić information content (AvgIpc) is 2.49. The van der Waals surface area contributed by atoms with Gasteiger partial charge in [0.1, 0.15) is 0 Å². The largest absolute Gasteiger partial charge is 0.317 e. The molecular formula is C16H19ClN2. The molecule has 2 heterocycles. The van der Waals surface area contributed by atoms with Gasteiger partial charge in [-0.15, -0.1) is 12.4 Å². The molecule has 0 amide bonds. The van der Waals surface area contributed by atoms with E-state index in [-0.39, 0.29) is 12.4 Å². The van der Waals surface area contributed by atoms with E-state index >= 15 is 0 Å². The standard InChI is InChI=1S/C16H18N2.ClH/c1-2-5-13(6-3-1)15-7-4-10-18-16(15)14-8-11-17-12-9-14;/h1-7,10,14,17H,8-9,11-12H2;1H. The van der Waals surface area contributed by atoms with Gasteiger partial charge in [-0.25, -0.2) is 0 Å². The lowest BCUT2D eigenvalue weighted by molar-refractivity contribution is 0.454. The van der Waals surface area contributed by atoms with Crippen LogP contribution in [0.5, 0.6) is 0 Å². The molecule has 1 aromatic carbocycles. The Morgan fingerprint density at radius 3 is 2.42 bits per heavy atom. The van der Waals surface area contributed by atoms with E-state index in [1.54, 1.807) is 0 Å². The van der Waals surface area contributed by atoms with E-state index in [1.165, 1.54) is 29.7 Å². The van der Waals surface area contributed by atoms with E-state index in [1.807, 2.05) is 12.3 Å². The summed E-state index contributed by atoms with van der Waals surface area (Å²) < 4.78 is 0. The van der Waals surface area contributed by atoms with E-state index in [9.17, 15) is 0 Å². The zero-order chi connectivity index (χ0) is 12.2. The molecule has 1 saturated heterocycles. The van der Waals surface area contributed by atoms with Gasteiger partial charge in [-0.2, -0.15) is 0 Å². The Morgan fingerprint density at radius 1 is 0.947 bits per heavy atom. The first-order chi connectivity index (χ1) is 8.95. The van der Waals surface area contributed by atoms with Crippen LogP contribution < -0.4 is 5.32 Å². The van der Waals surface area contributed by atoms with E-state index < -0.39 is 0 Å². The summed E-state index contributed by atoms with van der Waals surface area (Å²) in [4.78, 5) is 4.65. The van der Waals surface area contributed by atoms with Crippen LogP contribution in [0.1, 0.15) is 24.5 Å². The first-order valence-corrected chi connectivity index (χ1v) is 6.66. The number of halogens is 1. The highest BCUT2D eigenvalue weighted by atomic mass is 35.5. The normalized spacial score (nSPS) is 15.8. The summed E-state index contributed by atoms with van der Waals surface area (Å²) in [5.74, 6) is 0.600. The van der Waals surface area contributed by atoms with Gasteiger partial charge >= 0.3 is 0 Å². The molecule has 1 fully saturated rings. The Balaban J connectivity index is 0.00000133. The van der Waals surface area contributed by atoms with Crippen LogP contribution in [0.25, 0.3) is 11.1 Å². The summed E-state index contributed by atoms with van der Waals surface area (Å²) >= 11 is 0. The SMILES string of the molecule is Cl.c1ccc(-c2cccnc2C2CCNCC2)cc1. The smallest absolute Gasteiger partial charge is 0.0513 e. The van der Waals surface area contributed by atoms with E-state index in [0.717, 1.165) is 13.1 Å². The van der Waals surface area contributed by atoms with E-state index in [2.05, 4.69) is 46.7 Å². The lowest BCUT2D eigenvalue weighted by Crippen LogP contribution is -2.27. The Morgan fingerprint density at radius 2 is 1.68 bits per heavy atom. The lowest BCUT2D eigenvalue weighted by Gasteiger charge is -2.24. The van der Waals surface area contributed by atoms with E-state index in [0.29, 0.717) is 5.92 Å². The van der Waals surface area contributed by atoms with Crippen LogP contribution >= 0.6 is 12.4 Å². The van der Waals surface area contributed by atoms with Crippen molar-refractivity contribution in [1.82, 2.24) is 10.3 Å². The lowest BCUT2D eigenvalue weighted by atomic mass is 9.89. The zero-order valence-corrected chi connectivity index (χ0v) is 11.7. The van der Waals surface area contributed by atoms with Gasteiger partial charge in [0.2, 0.25) is 0 Å². The Kier molecular flexibility index (Phi) is 4.94. The molecular weight excluding hydrogens is 256 g/mol. The summed E-state index contributed by atoms with van der Waals surface area (Å²) in [6.07, 6.45) is 4.30. The third-order valence-electron chi connectivity index (χ3n) is 3.65. The number of hydrogen-bond donors (Lipinski definition) is 1. The van der Waals surface area contributed by atoms with Gasteiger partial charge in [0.25, 0.3) is 0 Å². The minimum absolute atomic E-state index is 0. The predicted octanol–water partition coefficient (Wildman–Crippen LogP) is 3.64. The number of rotatable bonds is 2. The molecule has 3 rings (SSSR count). The van der Waals surface area contributed by atoms with Crippen LogP contribution in [0.2, 0.25) is 0 Å². The van der Waals surface area contributed by atoms with E-state index in [4.69, 9.17) is 0 Å². The van der Waals surface area contributed by atoms with Gasteiger partial charge in [0, 0.05) is 17.7 Å². The molecule has 1 aromatic heterocycles. The van der Waals surface area contributed by atoms with Crippen LogP contribution in [0, 0.1) is 0 Å². The van der Waals surface area contributed by atoms with Crippen LogP contribution in [-0.2, 0) is 0 Å². The van der Waals surface area contributed by atoms with Crippen LogP contribution in [0.3, 0.4) is 0 Å². The van der Waals surface area contributed by atoms with Crippen LogP contribution in [0.15, 0.2) is 48.7 Å². The van der Waals surface area contributed by atoms with Crippen molar-refractivity contribution in [3.8, 4) is 11.1 Å². The maximum Gasteiger partial charge on any atom is 0.0513 e. The summed E-state index contributed by atoms with van der Waals surface area (Å²) in [5, 5.41) is 3.42. The molecule has 0 aliphatic carbocycles. The second-order valence-corrected chi connectivity index (χ2v) is 4.83. The van der Waals surface area contributed by atoms with Gasteiger partial charge in [-0.05, 0) is 37.6 Å². The minimum Gasteiger partial charge on any atom is -0.317 e. The number of nitrogens with zero attached hydrogens (tertiary/aromatic N) is 1. The molecule has 0 radical (unpaired) electrons. The van der Waals surface area contributed by atoms with Crippen molar-refractivity contribution >= 4 is 12.4 Å². The Bertz CT molecular complexity index is 507. The van der Waals surface area contributed by atoms with Gasteiger partial charge in [0.15, 0.2) is 0 Å². The fraction of sp³-hybridized carbons (Fsp3) is 0.312. The van der Waals surface area contributed by atoms with Gasteiger partial charge in [0.05, 0.1) is 5.69 Å². The van der Waals surface area contributed by atoms with Crippen LogP contribution in [-0.4, -0.2) is 18.1 Å². The molecule has 1 N–H and O–H groups in total. The average molecular weight is 275 g/mol. The van der Waals surface area contributed by atoms with Crippen molar-refractivity contribution in [2.24, 2.45) is 0 Å². The number of aromatic nitrogens is 1. The molecule has 0 unspecified atom stereocenters. The number of piperidine rings is 1. The number of hydrogen-bond acceptors (Lipinski definition) is 2. The van der Waals surface area contributed by atoms with Gasteiger partial charge in [-0.1, -0.05) is 36.4 Å². The summed E-state index contributed by atoms with van der Waals surface area (Å²) in [7, 11) is 0. The van der Waals surface area contributed by atoms with Gasteiger partial charge in [-0.3, -0.25) is 4.98 Å². The molecule has 2 nitrogen and oxygen atoms in total. The second-order valence-electron chi connectivity index (χ2n) is 4.83. The van der Waals surface area contributed by atoms with Crippen molar-refractivity contribution < 1.29 is 0 Å². The first kappa shape index (κ1) is 14.0. The van der Waals surface area contributed by atoms with Crippen molar-refractivity contribution in [1.29, 1.82) is 0 Å². The highest BCUT2D eigenvalue weighted by Gasteiger charge is 2.19. The number of nitrogens with one attached hydrogen (secondary N) is 1. The highest BCUT2D eigenvalue weighted by Crippen LogP contribution is 2.31. The third-order valence-corrected chi connectivity index (χ3v) is 3.65. The molecule has 19 heavy (non-hydrogen) atoms. The molecule has 0 atom stereocenters. The summed E-state index contributed by atoms with van der Waals surface area (Å²) in [5.41, 5.74) is 3.84. The molecule has 100 valence electrons. The summed E-state index contributed by atoms with van der Waals surface area (Å²) in [6, 6.07) is 14.8. The maximum absolute atomic E-state index is 4.65. The monoisotopic (exact) mass is 274 g/mol. The topological polar surface area (TPSA) is 24.9 Å². The zero-order valence-electron chi connectivity index (χ0n) is 10.9. The van der Waals surface area contributed by atoms with Crippen molar-refractivity contribution in [2.75, 3.05) is 13.1 Å². The van der Waals surface area contributed by atoms with Crippen LogP contribution in [0.4, 0.5) is 0 Å². The van der Waals surface area contributed by atoms with Crippen molar-refractivity contribution in [3.63, 3.8) is 0 Å². The number of benzene rings is 1. The molecule has 2 aromatic rings. The molecule has 0 saturated carbocycles. The highest BCUT2D eigenvalue weighted by molar-refractivity contribution is 5.85. The number of pyridine rings is 1. The Labute approximate surface area is 120 Å². The quantitative estimate of drug-likeness (QED) is 0.904. The minimum atomic E-state index is 0. The van der Waals surface area contributed by atoms with Crippen molar-refractivity contribution in [2.45, 2.75) is 18.8 Å². The molecule has 1 aliphatic rings. The fourth-order valence-electron chi connectivity index (χ4n) is 2.70. The maximum atomic E-state index is 4.65.